The van der Waals surface area contributed by atoms with Gasteiger partial charge in [-0.1, -0.05) is 5.21 Å². The molecule has 0 aliphatic carbocycles. The zero-order valence-electron chi connectivity index (χ0n) is 14.2. The lowest BCUT2D eigenvalue weighted by atomic mass is 10.1. The molecule has 26 heavy (non-hydrogen) atoms. The molecule has 0 saturated carbocycles. The number of hydrogen-bond donors (Lipinski definition) is 1. The summed E-state index contributed by atoms with van der Waals surface area (Å²) >= 11 is 1.60. The third kappa shape index (κ3) is 3.76. The van der Waals surface area contributed by atoms with E-state index in [9.17, 15) is 4.79 Å². The van der Waals surface area contributed by atoms with E-state index in [0.29, 0.717) is 12.1 Å². The van der Waals surface area contributed by atoms with Crippen LogP contribution < -0.4 is 10.2 Å². The van der Waals surface area contributed by atoms with Crippen LogP contribution in [0.25, 0.3) is 5.69 Å². The molecular weight excluding hydrogens is 350 g/mol. The Kier molecular flexibility index (Phi) is 4.94. The molecule has 0 unspecified atom stereocenters. The van der Waals surface area contributed by atoms with Crippen LogP contribution in [-0.2, 0) is 11.3 Å². The van der Waals surface area contributed by atoms with Gasteiger partial charge in [0.15, 0.2) is 0 Å². The molecule has 0 radical (unpaired) electrons. The van der Waals surface area contributed by atoms with E-state index >= 15 is 0 Å². The van der Waals surface area contributed by atoms with E-state index in [1.165, 1.54) is 0 Å². The fourth-order valence-electron chi connectivity index (χ4n) is 2.81. The van der Waals surface area contributed by atoms with Crippen LogP contribution in [0.5, 0.6) is 0 Å². The van der Waals surface area contributed by atoms with Crippen LogP contribution >= 0.6 is 11.3 Å². The maximum absolute atomic E-state index is 12.3. The summed E-state index contributed by atoms with van der Waals surface area (Å²) < 4.78 is 7.07. The number of nitrogens with zero attached hydrogens (tertiary/aromatic N) is 4. The van der Waals surface area contributed by atoms with Crippen molar-refractivity contribution in [1.82, 2.24) is 20.3 Å². The largest absolute Gasteiger partial charge is 0.378 e. The quantitative estimate of drug-likeness (QED) is 0.746. The van der Waals surface area contributed by atoms with Crippen molar-refractivity contribution < 1.29 is 9.53 Å². The molecule has 4 rings (SSSR count). The van der Waals surface area contributed by atoms with Gasteiger partial charge in [-0.25, -0.2) is 4.68 Å². The highest BCUT2D eigenvalue weighted by Crippen LogP contribution is 2.17. The number of thiophene rings is 1. The van der Waals surface area contributed by atoms with Gasteiger partial charge in [0.1, 0.15) is 5.69 Å². The van der Waals surface area contributed by atoms with Crippen LogP contribution in [0.4, 0.5) is 5.69 Å². The molecule has 3 aromatic rings. The first-order chi connectivity index (χ1) is 12.8. The second-order valence-electron chi connectivity index (χ2n) is 5.96. The number of carbonyl (C=O) groups excluding carboxylic acids is 1. The van der Waals surface area contributed by atoms with Gasteiger partial charge in [0.2, 0.25) is 0 Å². The molecule has 0 bridgehead atoms. The van der Waals surface area contributed by atoms with Crippen molar-refractivity contribution in [3.63, 3.8) is 0 Å². The van der Waals surface area contributed by atoms with E-state index in [2.05, 4.69) is 20.5 Å². The third-order valence-electron chi connectivity index (χ3n) is 4.25. The Balaban J connectivity index is 1.34. The Morgan fingerprint density at radius 3 is 2.69 bits per heavy atom. The first kappa shape index (κ1) is 16.7. The molecule has 0 atom stereocenters. The van der Waals surface area contributed by atoms with Gasteiger partial charge < -0.3 is 15.0 Å². The Labute approximate surface area is 155 Å². The van der Waals surface area contributed by atoms with Crippen LogP contribution in [-0.4, -0.2) is 47.2 Å². The number of aromatic nitrogens is 3. The van der Waals surface area contributed by atoms with Gasteiger partial charge in [0.05, 0.1) is 31.6 Å². The van der Waals surface area contributed by atoms with Crippen LogP contribution in [0.3, 0.4) is 0 Å². The van der Waals surface area contributed by atoms with E-state index < -0.39 is 0 Å². The number of hydrogen-bond acceptors (Lipinski definition) is 6. The molecule has 0 spiro atoms. The zero-order chi connectivity index (χ0) is 17.8. The molecule has 2 aromatic heterocycles. The minimum Gasteiger partial charge on any atom is -0.378 e. The lowest BCUT2D eigenvalue weighted by Crippen LogP contribution is -2.36. The first-order valence-electron chi connectivity index (χ1n) is 8.44. The minimum absolute atomic E-state index is 0.122. The lowest BCUT2D eigenvalue weighted by molar-refractivity contribution is 0.0950. The van der Waals surface area contributed by atoms with Crippen LogP contribution in [0.2, 0.25) is 0 Å². The Morgan fingerprint density at radius 1 is 1.15 bits per heavy atom. The third-order valence-corrected chi connectivity index (χ3v) is 4.92. The number of amides is 1. The Morgan fingerprint density at radius 2 is 1.96 bits per heavy atom. The maximum Gasteiger partial charge on any atom is 0.251 e. The monoisotopic (exact) mass is 369 g/mol. The molecule has 1 aromatic carbocycles. The van der Waals surface area contributed by atoms with Crippen molar-refractivity contribution in [3.8, 4) is 5.69 Å². The summed E-state index contributed by atoms with van der Waals surface area (Å²) in [5.74, 6) is -0.122. The second-order valence-corrected chi connectivity index (χ2v) is 6.75. The zero-order valence-corrected chi connectivity index (χ0v) is 15.0. The first-order valence-corrected chi connectivity index (χ1v) is 9.38. The number of benzene rings is 1. The van der Waals surface area contributed by atoms with Gasteiger partial charge in [-0.3, -0.25) is 4.79 Å². The molecular formula is C18H19N5O2S. The number of morpholine rings is 1. The lowest BCUT2D eigenvalue weighted by Gasteiger charge is -2.28. The van der Waals surface area contributed by atoms with Crippen molar-refractivity contribution >= 4 is 22.9 Å². The predicted molar refractivity (Wildman–Crippen MR) is 99.9 cm³/mol. The van der Waals surface area contributed by atoms with Crippen molar-refractivity contribution in [2.45, 2.75) is 6.54 Å². The summed E-state index contributed by atoms with van der Waals surface area (Å²) in [5, 5.41) is 15.0. The van der Waals surface area contributed by atoms with Gasteiger partial charge in [0, 0.05) is 29.7 Å². The van der Waals surface area contributed by atoms with E-state index in [4.69, 9.17) is 4.74 Å². The fraction of sp³-hybridized carbons (Fsp3) is 0.278. The molecule has 1 aliphatic rings. The summed E-state index contributed by atoms with van der Waals surface area (Å²) in [6.07, 6.45) is 1.82. The normalized spacial score (nSPS) is 14.4. The topological polar surface area (TPSA) is 72.3 Å². The maximum atomic E-state index is 12.3. The molecule has 1 aliphatic heterocycles. The molecule has 1 amide bonds. The number of carbonyl (C=O) groups is 1. The highest BCUT2D eigenvalue weighted by atomic mass is 32.1. The fourth-order valence-corrected chi connectivity index (χ4v) is 3.43. The summed E-state index contributed by atoms with van der Waals surface area (Å²) in [4.78, 5) is 14.6. The van der Waals surface area contributed by atoms with Gasteiger partial charge in [-0.05, 0) is 35.7 Å². The highest BCUT2D eigenvalue weighted by Gasteiger charge is 2.12. The van der Waals surface area contributed by atoms with Crippen LogP contribution in [0, 0.1) is 0 Å². The predicted octanol–water partition coefficient (Wildman–Crippen LogP) is 2.10. The summed E-state index contributed by atoms with van der Waals surface area (Å²) in [6.45, 7) is 3.59. The summed E-state index contributed by atoms with van der Waals surface area (Å²) in [7, 11) is 0. The summed E-state index contributed by atoms with van der Waals surface area (Å²) in [5.41, 5.74) is 3.43. The van der Waals surface area contributed by atoms with Gasteiger partial charge >= 0.3 is 0 Å². The molecule has 7 nitrogen and oxygen atoms in total. The smallest absolute Gasteiger partial charge is 0.251 e. The molecule has 134 valence electrons. The van der Waals surface area contributed by atoms with E-state index in [1.54, 1.807) is 16.0 Å². The molecule has 1 fully saturated rings. The van der Waals surface area contributed by atoms with Gasteiger partial charge in [0.25, 0.3) is 5.91 Å². The van der Waals surface area contributed by atoms with E-state index in [1.807, 2.05) is 47.3 Å². The number of anilines is 1. The van der Waals surface area contributed by atoms with E-state index in [-0.39, 0.29) is 5.91 Å². The standard InChI is InChI=1S/C18H19N5O2S/c24-18(14-1-3-16(4-2-14)22-6-8-25-9-7-22)19-11-15-12-23(21-20-15)17-5-10-26-13-17/h1-5,10,12-13H,6-9,11H2,(H,19,24). The average molecular weight is 369 g/mol. The molecule has 1 N–H and O–H groups in total. The molecule has 3 heterocycles. The van der Waals surface area contributed by atoms with Crippen molar-refractivity contribution in [3.05, 3.63) is 58.5 Å². The Bertz CT molecular complexity index is 854. The second kappa shape index (κ2) is 7.67. The number of nitrogens with one attached hydrogen (secondary N) is 1. The highest BCUT2D eigenvalue weighted by molar-refractivity contribution is 7.08. The number of ether oxygens (including phenoxy) is 1. The number of rotatable bonds is 5. The molecule has 8 heteroatoms. The van der Waals surface area contributed by atoms with Gasteiger partial charge in [-0.15, -0.1) is 5.10 Å². The van der Waals surface area contributed by atoms with Crippen LogP contribution in [0.1, 0.15) is 16.1 Å². The SMILES string of the molecule is O=C(NCc1cn(-c2ccsc2)nn1)c1ccc(N2CCOCC2)cc1. The van der Waals surface area contributed by atoms with Crippen molar-refractivity contribution in [1.29, 1.82) is 0 Å². The molecule has 1 saturated heterocycles. The van der Waals surface area contributed by atoms with Crippen molar-refractivity contribution in [2.24, 2.45) is 0 Å². The van der Waals surface area contributed by atoms with Crippen LogP contribution in [0.15, 0.2) is 47.3 Å². The van der Waals surface area contributed by atoms with E-state index in [0.717, 1.165) is 43.4 Å². The van der Waals surface area contributed by atoms with Crippen molar-refractivity contribution in [2.75, 3.05) is 31.2 Å². The van der Waals surface area contributed by atoms with Gasteiger partial charge in [-0.2, -0.15) is 11.3 Å². The Hall–Kier alpha value is -2.71. The average Bonchev–Trinajstić information content (AvgIpc) is 3.38. The minimum atomic E-state index is -0.122. The summed E-state index contributed by atoms with van der Waals surface area (Å²) in [6, 6.07) is 9.63.